The first kappa shape index (κ1) is 13.2. The van der Waals surface area contributed by atoms with Gasteiger partial charge >= 0.3 is 0 Å². The highest BCUT2D eigenvalue weighted by molar-refractivity contribution is 6.30. The van der Waals surface area contributed by atoms with Crippen LogP contribution >= 0.6 is 11.6 Å². The van der Waals surface area contributed by atoms with Crippen LogP contribution in [0, 0.1) is 10.1 Å². The standard InChI is InChI=1S/C13H11ClN2O3/c1-15-10-6-11(16(17)18)8-13(7-10)19-12-4-2-3-9(14)5-12/h2-8,15H,1H3. The summed E-state index contributed by atoms with van der Waals surface area (Å²) in [6, 6.07) is 11.3. The number of nitrogens with zero attached hydrogens (tertiary/aromatic N) is 1. The van der Waals surface area contributed by atoms with E-state index in [1.54, 1.807) is 37.4 Å². The van der Waals surface area contributed by atoms with Crippen molar-refractivity contribution >= 4 is 23.0 Å². The molecule has 0 saturated carbocycles. The van der Waals surface area contributed by atoms with Gasteiger partial charge in [0.25, 0.3) is 5.69 Å². The van der Waals surface area contributed by atoms with Crippen molar-refractivity contribution in [3.8, 4) is 11.5 Å². The summed E-state index contributed by atoms with van der Waals surface area (Å²) in [5.41, 5.74) is 0.565. The van der Waals surface area contributed by atoms with Crippen molar-refractivity contribution in [2.75, 3.05) is 12.4 Å². The summed E-state index contributed by atoms with van der Waals surface area (Å²) >= 11 is 5.85. The summed E-state index contributed by atoms with van der Waals surface area (Å²) in [5.74, 6) is 0.899. The van der Waals surface area contributed by atoms with E-state index in [1.807, 2.05) is 0 Å². The third-order valence-electron chi connectivity index (χ3n) is 2.42. The molecule has 98 valence electrons. The Balaban J connectivity index is 2.34. The third kappa shape index (κ3) is 3.35. The van der Waals surface area contributed by atoms with Crippen molar-refractivity contribution in [2.24, 2.45) is 0 Å². The topological polar surface area (TPSA) is 64.4 Å². The number of ether oxygens (including phenoxy) is 1. The van der Waals surface area contributed by atoms with Gasteiger partial charge in [-0.1, -0.05) is 17.7 Å². The first-order chi connectivity index (χ1) is 9.08. The molecule has 1 N–H and O–H groups in total. The largest absolute Gasteiger partial charge is 0.457 e. The van der Waals surface area contributed by atoms with Crippen molar-refractivity contribution in [3.63, 3.8) is 0 Å². The Labute approximate surface area is 114 Å². The lowest BCUT2D eigenvalue weighted by molar-refractivity contribution is -0.384. The van der Waals surface area contributed by atoms with E-state index in [0.717, 1.165) is 0 Å². The molecule has 0 aliphatic rings. The van der Waals surface area contributed by atoms with Crippen LogP contribution < -0.4 is 10.1 Å². The Morgan fingerprint density at radius 1 is 1.21 bits per heavy atom. The molecule has 0 saturated heterocycles. The normalized spacial score (nSPS) is 10.0. The third-order valence-corrected chi connectivity index (χ3v) is 2.66. The van der Waals surface area contributed by atoms with Gasteiger partial charge in [-0.3, -0.25) is 10.1 Å². The molecule has 0 atom stereocenters. The van der Waals surface area contributed by atoms with Crippen molar-refractivity contribution < 1.29 is 9.66 Å². The molecule has 0 unspecified atom stereocenters. The van der Waals surface area contributed by atoms with Gasteiger partial charge in [-0.25, -0.2) is 0 Å². The highest BCUT2D eigenvalue weighted by atomic mass is 35.5. The molecule has 0 aromatic heterocycles. The second kappa shape index (κ2) is 5.58. The van der Waals surface area contributed by atoms with Gasteiger partial charge in [0, 0.05) is 29.9 Å². The molecule has 0 radical (unpaired) electrons. The highest BCUT2D eigenvalue weighted by Crippen LogP contribution is 2.30. The monoisotopic (exact) mass is 278 g/mol. The average molecular weight is 279 g/mol. The minimum Gasteiger partial charge on any atom is -0.457 e. The maximum atomic E-state index is 10.8. The molecule has 2 aromatic rings. The summed E-state index contributed by atoms with van der Waals surface area (Å²) in [7, 11) is 1.68. The molecule has 0 amide bonds. The Morgan fingerprint density at radius 3 is 2.63 bits per heavy atom. The number of rotatable bonds is 4. The van der Waals surface area contributed by atoms with Gasteiger partial charge in [-0.15, -0.1) is 0 Å². The van der Waals surface area contributed by atoms with Crippen LogP contribution in [0.5, 0.6) is 11.5 Å². The first-order valence-electron chi connectivity index (χ1n) is 5.49. The van der Waals surface area contributed by atoms with Crippen LogP contribution in [0.3, 0.4) is 0 Å². The maximum absolute atomic E-state index is 10.8. The van der Waals surface area contributed by atoms with Crippen LogP contribution in [-0.4, -0.2) is 12.0 Å². The van der Waals surface area contributed by atoms with Crippen LogP contribution in [0.4, 0.5) is 11.4 Å². The summed E-state index contributed by atoms with van der Waals surface area (Å²) in [4.78, 5) is 10.4. The number of nitro groups is 1. The van der Waals surface area contributed by atoms with Gasteiger partial charge in [-0.05, 0) is 18.2 Å². The number of benzene rings is 2. The van der Waals surface area contributed by atoms with Crippen LogP contribution in [0.15, 0.2) is 42.5 Å². The van der Waals surface area contributed by atoms with E-state index < -0.39 is 4.92 Å². The molecule has 6 heteroatoms. The van der Waals surface area contributed by atoms with Crippen molar-refractivity contribution in [1.82, 2.24) is 0 Å². The lowest BCUT2D eigenvalue weighted by atomic mass is 10.2. The molecular weight excluding hydrogens is 268 g/mol. The Bertz CT molecular complexity index is 617. The van der Waals surface area contributed by atoms with Gasteiger partial charge in [-0.2, -0.15) is 0 Å². The number of anilines is 1. The number of hydrogen-bond donors (Lipinski definition) is 1. The zero-order valence-corrected chi connectivity index (χ0v) is 10.8. The predicted octanol–water partition coefficient (Wildman–Crippen LogP) is 4.08. The zero-order chi connectivity index (χ0) is 13.8. The summed E-state index contributed by atoms with van der Waals surface area (Å²) in [5, 5.41) is 14.2. The fourth-order valence-electron chi connectivity index (χ4n) is 1.56. The number of nitrogens with one attached hydrogen (secondary N) is 1. The minimum atomic E-state index is -0.467. The minimum absolute atomic E-state index is 0.0381. The van der Waals surface area contributed by atoms with Crippen LogP contribution in [0.2, 0.25) is 5.02 Å². The van der Waals surface area contributed by atoms with E-state index in [1.165, 1.54) is 12.1 Å². The number of non-ortho nitro benzene ring substituents is 1. The van der Waals surface area contributed by atoms with Gasteiger partial charge in [0.2, 0.25) is 0 Å². The van der Waals surface area contributed by atoms with E-state index in [4.69, 9.17) is 16.3 Å². The molecule has 0 bridgehead atoms. The maximum Gasteiger partial charge on any atom is 0.275 e. The van der Waals surface area contributed by atoms with Gasteiger partial charge in [0.15, 0.2) is 0 Å². The second-order valence-corrected chi connectivity index (χ2v) is 4.22. The summed E-state index contributed by atoms with van der Waals surface area (Å²) in [6.07, 6.45) is 0. The lowest BCUT2D eigenvalue weighted by Crippen LogP contribution is -1.94. The molecular formula is C13H11ClN2O3. The van der Waals surface area contributed by atoms with Crippen molar-refractivity contribution in [3.05, 3.63) is 57.6 Å². The molecule has 0 heterocycles. The van der Waals surface area contributed by atoms with Gasteiger partial charge in [0.1, 0.15) is 11.5 Å². The van der Waals surface area contributed by atoms with Gasteiger partial charge < -0.3 is 10.1 Å². The molecule has 19 heavy (non-hydrogen) atoms. The molecule has 0 fully saturated rings. The van der Waals surface area contributed by atoms with E-state index in [-0.39, 0.29) is 5.69 Å². The average Bonchev–Trinajstić information content (AvgIpc) is 2.38. The first-order valence-corrected chi connectivity index (χ1v) is 5.87. The van der Waals surface area contributed by atoms with Crippen molar-refractivity contribution in [1.29, 1.82) is 0 Å². The zero-order valence-electron chi connectivity index (χ0n) is 10.1. The smallest absolute Gasteiger partial charge is 0.275 e. The van der Waals surface area contributed by atoms with E-state index in [2.05, 4.69) is 5.32 Å². The molecule has 2 aromatic carbocycles. The van der Waals surface area contributed by atoms with E-state index >= 15 is 0 Å². The molecule has 0 aliphatic carbocycles. The van der Waals surface area contributed by atoms with E-state index in [9.17, 15) is 10.1 Å². The fourth-order valence-corrected chi connectivity index (χ4v) is 1.74. The second-order valence-electron chi connectivity index (χ2n) is 3.78. The van der Waals surface area contributed by atoms with Crippen LogP contribution in [-0.2, 0) is 0 Å². The quantitative estimate of drug-likeness (QED) is 0.676. The summed E-state index contributed by atoms with van der Waals surface area (Å²) < 4.78 is 5.56. The van der Waals surface area contributed by atoms with Crippen molar-refractivity contribution in [2.45, 2.75) is 0 Å². The van der Waals surface area contributed by atoms with E-state index in [0.29, 0.717) is 22.2 Å². The molecule has 5 nitrogen and oxygen atoms in total. The Morgan fingerprint density at radius 2 is 2.00 bits per heavy atom. The van der Waals surface area contributed by atoms with Crippen LogP contribution in [0.1, 0.15) is 0 Å². The van der Waals surface area contributed by atoms with Crippen LogP contribution in [0.25, 0.3) is 0 Å². The Kier molecular flexibility index (Phi) is 3.87. The predicted molar refractivity (Wildman–Crippen MR) is 74.2 cm³/mol. The Hall–Kier alpha value is -2.27. The number of halogens is 1. The molecule has 2 rings (SSSR count). The fraction of sp³-hybridized carbons (Fsp3) is 0.0769. The highest BCUT2D eigenvalue weighted by Gasteiger charge is 2.10. The lowest BCUT2D eigenvalue weighted by Gasteiger charge is -2.08. The SMILES string of the molecule is CNc1cc(Oc2cccc(Cl)c2)cc([N+](=O)[O-])c1. The molecule has 0 spiro atoms. The summed E-state index contributed by atoms with van der Waals surface area (Å²) in [6.45, 7) is 0. The number of hydrogen-bond acceptors (Lipinski definition) is 4. The molecule has 0 aliphatic heterocycles. The number of nitro benzene ring substituents is 1. The van der Waals surface area contributed by atoms with Gasteiger partial charge in [0.05, 0.1) is 11.0 Å².